The van der Waals surface area contributed by atoms with Gasteiger partial charge in [-0.25, -0.2) is 0 Å². The molecule has 0 unspecified atom stereocenters. The molecule has 2 N–H and O–H groups in total. The zero-order valence-electron chi connectivity index (χ0n) is 20.7. The van der Waals surface area contributed by atoms with Crippen LogP contribution in [0.3, 0.4) is 0 Å². The highest BCUT2D eigenvalue weighted by Gasteiger charge is 2.16. The van der Waals surface area contributed by atoms with E-state index in [4.69, 9.17) is 5.26 Å². The van der Waals surface area contributed by atoms with Crippen molar-refractivity contribution in [2.75, 3.05) is 25.0 Å². The molecule has 2 aromatic carbocycles. The van der Waals surface area contributed by atoms with Crippen LogP contribution in [0.25, 0.3) is 11.8 Å². The quantitative estimate of drug-likeness (QED) is 0.444. The number of rotatable bonds is 8. The second-order valence-electron chi connectivity index (χ2n) is 8.68. The lowest BCUT2D eigenvalue weighted by Crippen LogP contribution is -2.34. The molecule has 9 heteroatoms. The van der Waals surface area contributed by atoms with Crippen molar-refractivity contribution >= 4 is 34.7 Å². The first-order valence-electron chi connectivity index (χ1n) is 12.2. The van der Waals surface area contributed by atoms with Crippen molar-refractivity contribution < 1.29 is 4.79 Å². The molecular weight excluding hydrogens is 484 g/mol. The third-order valence-electron chi connectivity index (χ3n) is 6.33. The number of nitrogens with one attached hydrogen (secondary N) is 2. The highest BCUT2D eigenvalue weighted by atomic mass is 32.1. The number of fused-ring (bicyclic) bond motifs is 1. The van der Waals surface area contributed by atoms with Crippen LogP contribution in [0.15, 0.2) is 53.3 Å². The van der Waals surface area contributed by atoms with E-state index >= 15 is 0 Å². The maximum Gasteiger partial charge on any atom is 0.270 e. The van der Waals surface area contributed by atoms with Gasteiger partial charge in [-0.1, -0.05) is 36.4 Å². The number of benzene rings is 2. The molecule has 188 valence electrons. The number of nitrogens with zero attached hydrogens (tertiary/aromatic N) is 4. The predicted octanol–water partition coefficient (Wildman–Crippen LogP) is 1.69. The van der Waals surface area contributed by atoms with E-state index in [-0.39, 0.29) is 22.3 Å². The molecule has 0 atom stereocenters. The molecule has 0 bridgehead atoms. The molecule has 4 rings (SSSR count). The summed E-state index contributed by atoms with van der Waals surface area (Å²) in [6.07, 6.45) is 3.61. The summed E-state index contributed by atoms with van der Waals surface area (Å²) in [5.41, 5.74) is 4.45. The molecule has 1 aliphatic heterocycles. The lowest BCUT2D eigenvalue weighted by Gasteiger charge is -2.28. The van der Waals surface area contributed by atoms with Crippen molar-refractivity contribution in [1.82, 2.24) is 14.8 Å². The van der Waals surface area contributed by atoms with Crippen LogP contribution in [0.4, 0.5) is 5.69 Å². The number of nitriles is 2. The van der Waals surface area contributed by atoms with Gasteiger partial charge < -0.3 is 10.6 Å². The first-order valence-corrected chi connectivity index (χ1v) is 13.0. The number of aromatic nitrogens is 1. The van der Waals surface area contributed by atoms with Crippen LogP contribution in [0.1, 0.15) is 23.6 Å². The molecule has 0 spiro atoms. The van der Waals surface area contributed by atoms with Crippen molar-refractivity contribution in [3.05, 3.63) is 84.8 Å². The molecule has 0 fully saturated rings. The second-order valence-corrected chi connectivity index (χ2v) is 9.71. The van der Waals surface area contributed by atoms with Crippen LogP contribution in [0.2, 0.25) is 0 Å². The van der Waals surface area contributed by atoms with E-state index in [9.17, 15) is 14.9 Å². The SMILES string of the molecule is CCn1c(=C(C#N)C(=O)NCC#N)sc(=CNc2cccc(CCN3CCc4ccccc4C3)c2)c1=O. The average Bonchev–Trinajstić information content (AvgIpc) is 3.24. The molecule has 2 heterocycles. The minimum Gasteiger partial charge on any atom is -0.360 e. The Bertz CT molecular complexity index is 1560. The number of anilines is 1. The Morgan fingerprint density at radius 1 is 1.16 bits per heavy atom. The summed E-state index contributed by atoms with van der Waals surface area (Å²) in [6, 6.07) is 20.4. The van der Waals surface area contributed by atoms with Crippen molar-refractivity contribution in [3.8, 4) is 12.1 Å². The lowest BCUT2D eigenvalue weighted by molar-refractivity contribution is -0.115. The van der Waals surface area contributed by atoms with Gasteiger partial charge in [0, 0.05) is 38.1 Å². The Balaban J connectivity index is 1.49. The Morgan fingerprint density at radius 2 is 1.97 bits per heavy atom. The van der Waals surface area contributed by atoms with Crippen molar-refractivity contribution in [2.45, 2.75) is 32.9 Å². The summed E-state index contributed by atoms with van der Waals surface area (Å²) in [4.78, 5) is 27.7. The third kappa shape index (κ3) is 6.15. The number of hydrogen-bond donors (Lipinski definition) is 2. The summed E-state index contributed by atoms with van der Waals surface area (Å²) >= 11 is 1.07. The second kappa shape index (κ2) is 12.2. The topological polar surface area (TPSA) is 114 Å². The van der Waals surface area contributed by atoms with Gasteiger partial charge in [-0.15, -0.1) is 11.3 Å². The monoisotopic (exact) mass is 512 g/mol. The first kappa shape index (κ1) is 25.9. The zero-order valence-corrected chi connectivity index (χ0v) is 21.5. The first-order chi connectivity index (χ1) is 18.0. The Morgan fingerprint density at radius 3 is 2.73 bits per heavy atom. The number of carbonyl (C=O) groups excluding carboxylic acids is 1. The van der Waals surface area contributed by atoms with Crippen LogP contribution in [-0.2, 0) is 30.7 Å². The van der Waals surface area contributed by atoms with Crippen LogP contribution in [0, 0.1) is 22.7 Å². The standard InChI is InChI=1S/C28H28N6O2S/c1-2-34-27(36)25(37-28(34)24(17-30)26(35)31-13-12-29)18-32-23-9-5-6-20(16-23)10-14-33-15-11-21-7-3-4-8-22(21)19-33/h3-9,16,18,32H,2,10-11,13-15,19H2,1H3,(H,31,35). The molecule has 0 aliphatic carbocycles. The summed E-state index contributed by atoms with van der Waals surface area (Å²) in [5.74, 6) is -0.670. The maximum absolute atomic E-state index is 12.9. The minimum absolute atomic E-state index is 0.179. The lowest BCUT2D eigenvalue weighted by atomic mass is 9.99. The maximum atomic E-state index is 12.9. The van der Waals surface area contributed by atoms with Gasteiger partial charge in [0.25, 0.3) is 11.5 Å². The Labute approximate surface area is 219 Å². The van der Waals surface area contributed by atoms with Gasteiger partial charge in [-0.2, -0.15) is 10.5 Å². The number of amides is 1. The summed E-state index contributed by atoms with van der Waals surface area (Å²) in [7, 11) is 0. The molecule has 3 aromatic rings. The fraction of sp³-hybridized carbons (Fsp3) is 0.286. The predicted molar refractivity (Wildman–Crippen MR) is 145 cm³/mol. The van der Waals surface area contributed by atoms with E-state index in [0.717, 1.165) is 49.5 Å². The number of carbonyl (C=O) groups is 1. The summed E-state index contributed by atoms with van der Waals surface area (Å²) in [6.45, 7) is 4.88. The molecule has 1 aliphatic rings. The van der Waals surface area contributed by atoms with Gasteiger partial charge in [0.05, 0.1) is 6.07 Å². The van der Waals surface area contributed by atoms with E-state index in [2.05, 4.69) is 51.9 Å². The molecule has 1 aromatic heterocycles. The van der Waals surface area contributed by atoms with Gasteiger partial charge in [0.15, 0.2) is 5.57 Å². The zero-order chi connectivity index (χ0) is 26.2. The fourth-order valence-electron chi connectivity index (χ4n) is 4.39. The Hall–Kier alpha value is -4.18. The van der Waals surface area contributed by atoms with E-state index in [0.29, 0.717) is 11.1 Å². The Kier molecular flexibility index (Phi) is 8.52. The fourth-order valence-corrected chi connectivity index (χ4v) is 5.48. The molecule has 0 saturated carbocycles. The van der Waals surface area contributed by atoms with E-state index < -0.39 is 5.91 Å². The highest BCUT2D eigenvalue weighted by molar-refractivity contribution is 7.07. The summed E-state index contributed by atoms with van der Waals surface area (Å²) < 4.78 is 2.06. The number of thiazole rings is 1. The average molecular weight is 513 g/mol. The van der Waals surface area contributed by atoms with Gasteiger partial charge in [-0.05, 0) is 48.6 Å². The van der Waals surface area contributed by atoms with E-state index in [1.165, 1.54) is 21.3 Å². The van der Waals surface area contributed by atoms with Crippen LogP contribution < -0.4 is 25.4 Å². The van der Waals surface area contributed by atoms with Gasteiger partial charge in [0.1, 0.15) is 21.8 Å². The van der Waals surface area contributed by atoms with Crippen LogP contribution in [-0.4, -0.2) is 35.0 Å². The van der Waals surface area contributed by atoms with Crippen molar-refractivity contribution in [2.24, 2.45) is 0 Å². The normalized spacial score (nSPS) is 14.3. The molecule has 0 radical (unpaired) electrons. The largest absolute Gasteiger partial charge is 0.360 e. The van der Waals surface area contributed by atoms with Crippen LogP contribution in [0.5, 0.6) is 0 Å². The smallest absolute Gasteiger partial charge is 0.270 e. The summed E-state index contributed by atoms with van der Waals surface area (Å²) in [5, 5.41) is 23.8. The van der Waals surface area contributed by atoms with E-state index in [1.807, 2.05) is 24.3 Å². The molecule has 8 nitrogen and oxygen atoms in total. The molecule has 1 amide bonds. The molecular formula is C28H28N6O2S. The molecule has 37 heavy (non-hydrogen) atoms. The van der Waals surface area contributed by atoms with Gasteiger partial charge in [-0.3, -0.25) is 19.1 Å². The van der Waals surface area contributed by atoms with E-state index in [1.54, 1.807) is 13.1 Å². The van der Waals surface area contributed by atoms with Gasteiger partial charge in [0.2, 0.25) is 0 Å². The minimum atomic E-state index is -0.670. The highest BCUT2D eigenvalue weighted by Crippen LogP contribution is 2.19. The van der Waals surface area contributed by atoms with Crippen molar-refractivity contribution in [1.29, 1.82) is 10.5 Å². The third-order valence-corrected chi connectivity index (χ3v) is 7.46. The number of hydrogen-bond acceptors (Lipinski definition) is 7. The van der Waals surface area contributed by atoms with Crippen LogP contribution >= 0.6 is 11.3 Å². The van der Waals surface area contributed by atoms with Crippen molar-refractivity contribution in [3.63, 3.8) is 0 Å². The van der Waals surface area contributed by atoms with Gasteiger partial charge >= 0.3 is 0 Å². The molecule has 0 saturated heterocycles.